The summed E-state index contributed by atoms with van der Waals surface area (Å²) in [5, 5.41) is 0. The number of carbonyl (C=O) groups is 1. The van der Waals surface area contributed by atoms with Gasteiger partial charge < -0.3 is 0 Å². The van der Waals surface area contributed by atoms with E-state index in [1.165, 1.54) is 29.5 Å². The molecular weight excluding hydrogens is 172 g/mol. The van der Waals surface area contributed by atoms with Crippen molar-refractivity contribution in [3.05, 3.63) is 34.9 Å². The second-order valence-corrected chi connectivity index (χ2v) is 4.52. The first-order valence-electron chi connectivity index (χ1n) is 5.46. The fourth-order valence-electron chi connectivity index (χ4n) is 2.30. The van der Waals surface area contributed by atoms with Gasteiger partial charge in [0.2, 0.25) is 0 Å². The van der Waals surface area contributed by atoms with Gasteiger partial charge in [0.05, 0.1) is 0 Å². The van der Waals surface area contributed by atoms with Crippen LogP contribution < -0.4 is 0 Å². The maximum absolute atomic E-state index is 11.3. The summed E-state index contributed by atoms with van der Waals surface area (Å²) in [5.41, 5.74) is 4.15. The molecule has 2 aliphatic carbocycles. The van der Waals surface area contributed by atoms with Crippen molar-refractivity contribution in [1.29, 1.82) is 0 Å². The predicted molar refractivity (Wildman–Crippen MR) is 55.4 cm³/mol. The van der Waals surface area contributed by atoms with Gasteiger partial charge in [0.25, 0.3) is 0 Å². The first kappa shape index (κ1) is 8.22. The maximum atomic E-state index is 11.3. The average molecular weight is 186 g/mol. The van der Waals surface area contributed by atoms with Gasteiger partial charge >= 0.3 is 0 Å². The van der Waals surface area contributed by atoms with Crippen LogP contribution in [-0.4, -0.2) is 5.78 Å². The third-order valence-corrected chi connectivity index (χ3v) is 3.34. The molecule has 0 aliphatic heterocycles. The van der Waals surface area contributed by atoms with Gasteiger partial charge in [-0.2, -0.15) is 0 Å². The first-order chi connectivity index (χ1) is 6.83. The second-order valence-electron chi connectivity index (χ2n) is 4.52. The van der Waals surface area contributed by atoms with Crippen molar-refractivity contribution < 1.29 is 4.79 Å². The SMILES string of the molecule is O=C1CCc2ccc(C3CC3)cc2C1. The van der Waals surface area contributed by atoms with E-state index < -0.39 is 0 Å². The topological polar surface area (TPSA) is 17.1 Å². The highest BCUT2D eigenvalue weighted by molar-refractivity contribution is 5.83. The molecule has 0 heterocycles. The van der Waals surface area contributed by atoms with E-state index in [0.717, 1.165) is 18.8 Å². The molecule has 0 atom stereocenters. The van der Waals surface area contributed by atoms with Gasteiger partial charge in [-0.05, 0) is 41.9 Å². The fraction of sp³-hybridized carbons (Fsp3) is 0.462. The summed E-state index contributed by atoms with van der Waals surface area (Å²) >= 11 is 0. The van der Waals surface area contributed by atoms with Crippen LogP contribution in [0.2, 0.25) is 0 Å². The molecule has 0 radical (unpaired) electrons. The standard InChI is InChI=1S/C13H14O/c14-13-6-5-10-3-4-11(9-1-2-9)7-12(10)8-13/h3-4,7,9H,1-2,5-6,8H2. The molecule has 0 N–H and O–H groups in total. The van der Waals surface area contributed by atoms with E-state index in [2.05, 4.69) is 18.2 Å². The molecule has 0 amide bonds. The molecule has 1 nitrogen and oxygen atoms in total. The highest BCUT2D eigenvalue weighted by Gasteiger charge is 2.25. The van der Waals surface area contributed by atoms with Gasteiger partial charge in [0, 0.05) is 12.8 Å². The lowest BCUT2D eigenvalue weighted by molar-refractivity contribution is -0.118. The minimum absolute atomic E-state index is 0.408. The zero-order valence-electron chi connectivity index (χ0n) is 8.25. The molecule has 0 spiro atoms. The maximum Gasteiger partial charge on any atom is 0.137 e. The molecule has 1 heteroatoms. The zero-order chi connectivity index (χ0) is 9.54. The molecule has 2 aliphatic rings. The van der Waals surface area contributed by atoms with Crippen LogP contribution in [0.1, 0.15) is 41.9 Å². The van der Waals surface area contributed by atoms with E-state index in [1.54, 1.807) is 0 Å². The molecule has 3 rings (SSSR count). The number of benzene rings is 1. The Morgan fingerprint density at radius 1 is 1.07 bits per heavy atom. The number of fused-ring (bicyclic) bond motifs is 1. The van der Waals surface area contributed by atoms with Gasteiger partial charge in [-0.15, -0.1) is 0 Å². The number of carbonyl (C=O) groups excluding carboxylic acids is 1. The molecule has 0 bridgehead atoms. The Balaban J connectivity index is 1.99. The number of aryl methyl sites for hydroxylation is 1. The molecule has 0 unspecified atom stereocenters. The summed E-state index contributed by atoms with van der Waals surface area (Å²) in [7, 11) is 0. The van der Waals surface area contributed by atoms with Crippen molar-refractivity contribution in [1.82, 2.24) is 0 Å². The number of hydrogen-bond acceptors (Lipinski definition) is 1. The van der Waals surface area contributed by atoms with Crippen molar-refractivity contribution in [2.24, 2.45) is 0 Å². The monoisotopic (exact) mass is 186 g/mol. The first-order valence-corrected chi connectivity index (χ1v) is 5.46. The average Bonchev–Trinajstić information content (AvgIpc) is 3.00. The van der Waals surface area contributed by atoms with Crippen molar-refractivity contribution in [3.8, 4) is 0 Å². The minimum Gasteiger partial charge on any atom is -0.299 e. The zero-order valence-corrected chi connectivity index (χ0v) is 8.25. The van der Waals surface area contributed by atoms with Gasteiger partial charge in [-0.3, -0.25) is 4.79 Å². The van der Waals surface area contributed by atoms with Crippen LogP contribution in [0.4, 0.5) is 0 Å². The van der Waals surface area contributed by atoms with Crippen molar-refractivity contribution in [2.75, 3.05) is 0 Å². The highest BCUT2D eigenvalue weighted by atomic mass is 16.1. The summed E-state index contributed by atoms with van der Waals surface area (Å²) in [4.78, 5) is 11.3. The lowest BCUT2D eigenvalue weighted by atomic mass is 9.89. The van der Waals surface area contributed by atoms with E-state index in [9.17, 15) is 4.79 Å². The van der Waals surface area contributed by atoms with Crippen LogP contribution in [0.15, 0.2) is 18.2 Å². The van der Waals surface area contributed by atoms with Crippen molar-refractivity contribution in [3.63, 3.8) is 0 Å². The highest BCUT2D eigenvalue weighted by Crippen LogP contribution is 2.40. The Morgan fingerprint density at radius 2 is 1.93 bits per heavy atom. The quantitative estimate of drug-likeness (QED) is 0.659. The van der Waals surface area contributed by atoms with Crippen LogP contribution in [0.5, 0.6) is 0 Å². The lowest BCUT2D eigenvalue weighted by Gasteiger charge is -2.15. The summed E-state index contributed by atoms with van der Waals surface area (Å²) in [5.74, 6) is 1.21. The summed E-state index contributed by atoms with van der Waals surface area (Å²) in [6.45, 7) is 0. The lowest BCUT2D eigenvalue weighted by Crippen LogP contribution is -2.13. The Morgan fingerprint density at radius 3 is 2.71 bits per heavy atom. The summed E-state index contributed by atoms with van der Waals surface area (Å²) in [6.07, 6.45) is 5.06. The van der Waals surface area contributed by atoms with Crippen molar-refractivity contribution in [2.45, 2.75) is 38.0 Å². The summed E-state index contributed by atoms with van der Waals surface area (Å²) < 4.78 is 0. The second kappa shape index (κ2) is 2.94. The number of ketones is 1. The molecule has 14 heavy (non-hydrogen) atoms. The molecule has 1 saturated carbocycles. The number of rotatable bonds is 1. The van der Waals surface area contributed by atoms with Crippen LogP contribution in [0.3, 0.4) is 0 Å². The number of hydrogen-bond donors (Lipinski definition) is 0. The number of Topliss-reactive ketones (excluding diaryl/α,β-unsaturated/α-hetero) is 1. The molecule has 72 valence electrons. The van der Waals surface area contributed by atoms with Gasteiger partial charge in [-0.1, -0.05) is 18.2 Å². The summed E-state index contributed by atoms with van der Waals surface area (Å²) in [6, 6.07) is 6.76. The Hall–Kier alpha value is -1.11. The largest absolute Gasteiger partial charge is 0.299 e. The third kappa shape index (κ3) is 1.37. The third-order valence-electron chi connectivity index (χ3n) is 3.34. The van der Waals surface area contributed by atoms with Crippen LogP contribution in [-0.2, 0) is 17.6 Å². The molecule has 1 aromatic rings. The molecular formula is C13H14O. The Bertz CT molecular complexity index is 388. The van der Waals surface area contributed by atoms with E-state index in [0.29, 0.717) is 12.2 Å². The predicted octanol–water partition coefficient (Wildman–Crippen LogP) is 2.62. The molecule has 0 aromatic heterocycles. The smallest absolute Gasteiger partial charge is 0.137 e. The molecule has 1 fully saturated rings. The Labute approximate surface area is 84.1 Å². The fourth-order valence-corrected chi connectivity index (χ4v) is 2.30. The molecule has 0 saturated heterocycles. The van der Waals surface area contributed by atoms with E-state index in [4.69, 9.17) is 0 Å². The van der Waals surface area contributed by atoms with Gasteiger partial charge in [0.1, 0.15) is 5.78 Å². The Kier molecular flexibility index (Phi) is 1.73. The van der Waals surface area contributed by atoms with Crippen molar-refractivity contribution >= 4 is 5.78 Å². The van der Waals surface area contributed by atoms with E-state index in [1.807, 2.05) is 0 Å². The minimum atomic E-state index is 0.408. The van der Waals surface area contributed by atoms with Crippen LogP contribution in [0, 0.1) is 0 Å². The van der Waals surface area contributed by atoms with E-state index >= 15 is 0 Å². The van der Waals surface area contributed by atoms with Crippen LogP contribution in [0.25, 0.3) is 0 Å². The van der Waals surface area contributed by atoms with Gasteiger partial charge in [0.15, 0.2) is 0 Å². The van der Waals surface area contributed by atoms with Gasteiger partial charge in [-0.25, -0.2) is 0 Å². The molecule has 1 aromatic carbocycles. The van der Waals surface area contributed by atoms with E-state index in [-0.39, 0.29) is 0 Å². The van der Waals surface area contributed by atoms with Crippen LogP contribution >= 0.6 is 0 Å². The normalized spacial score (nSPS) is 20.7.